The molecule has 0 amide bonds. The molecule has 0 aliphatic carbocycles. The van der Waals surface area contributed by atoms with E-state index in [2.05, 4.69) is 105 Å². The molecule has 0 N–H and O–H groups in total. The molecule has 0 unspecified atom stereocenters. The molecule has 5 nitrogen and oxygen atoms in total. The summed E-state index contributed by atoms with van der Waals surface area (Å²) in [5.41, 5.74) is 11.4. The van der Waals surface area contributed by atoms with Crippen molar-refractivity contribution in [3.8, 4) is 45.8 Å². The van der Waals surface area contributed by atoms with E-state index >= 15 is 0 Å². The molecular formula is C45H25N5. The van der Waals surface area contributed by atoms with Crippen LogP contribution >= 0.6 is 0 Å². The highest BCUT2D eigenvalue weighted by Gasteiger charge is 2.20. The number of nitriles is 2. The van der Waals surface area contributed by atoms with Crippen LogP contribution in [0.25, 0.3) is 82.1 Å². The first-order valence-electron chi connectivity index (χ1n) is 16.3. The van der Waals surface area contributed by atoms with E-state index < -0.39 is 0 Å². The van der Waals surface area contributed by atoms with Crippen LogP contribution in [0.2, 0.25) is 0 Å². The third-order valence-electron chi connectivity index (χ3n) is 9.63. The van der Waals surface area contributed by atoms with Crippen LogP contribution in [0.3, 0.4) is 0 Å². The van der Waals surface area contributed by atoms with Crippen molar-refractivity contribution < 1.29 is 0 Å². The Balaban J connectivity index is 1.20. The zero-order valence-corrected chi connectivity index (χ0v) is 26.7. The maximum atomic E-state index is 10.0. The molecule has 9 rings (SSSR count). The number of hydrogen-bond donors (Lipinski definition) is 0. The maximum Gasteiger partial charge on any atom is 0.195 e. The van der Waals surface area contributed by atoms with Gasteiger partial charge >= 0.3 is 0 Å². The lowest BCUT2D eigenvalue weighted by atomic mass is 9.96. The highest BCUT2D eigenvalue weighted by atomic mass is 15.0. The molecule has 50 heavy (non-hydrogen) atoms. The van der Waals surface area contributed by atoms with Gasteiger partial charge in [-0.05, 0) is 82.9 Å². The predicted molar refractivity (Wildman–Crippen MR) is 202 cm³/mol. The van der Waals surface area contributed by atoms with Crippen LogP contribution in [0, 0.1) is 29.2 Å². The normalized spacial score (nSPS) is 11.1. The summed E-state index contributed by atoms with van der Waals surface area (Å²) in [4.78, 5) is 3.94. The fraction of sp³-hybridized carbons (Fsp3) is 0. The molecule has 0 aliphatic rings. The van der Waals surface area contributed by atoms with Gasteiger partial charge in [0.15, 0.2) is 5.69 Å². The summed E-state index contributed by atoms with van der Waals surface area (Å²) in [5.74, 6) is 0. The van der Waals surface area contributed by atoms with Gasteiger partial charge in [-0.3, -0.25) is 0 Å². The molecule has 0 atom stereocenters. The lowest BCUT2D eigenvalue weighted by Crippen LogP contribution is -1.97. The molecule has 0 saturated carbocycles. The second-order valence-corrected chi connectivity index (χ2v) is 12.3. The van der Waals surface area contributed by atoms with Crippen molar-refractivity contribution in [1.29, 1.82) is 10.5 Å². The lowest BCUT2D eigenvalue weighted by molar-refractivity contribution is 1.18. The molecule has 230 valence electrons. The van der Waals surface area contributed by atoms with E-state index in [0.717, 1.165) is 66.5 Å². The molecule has 0 spiro atoms. The fourth-order valence-electron chi connectivity index (χ4n) is 7.42. The first-order chi connectivity index (χ1) is 24.7. The minimum Gasteiger partial charge on any atom is -0.309 e. The van der Waals surface area contributed by atoms with Crippen LogP contribution in [-0.2, 0) is 0 Å². The van der Waals surface area contributed by atoms with Gasteiger partial charge in [-0.25, -0.2) is 4.85 Å². The van der Waals surface area contributed by atoms with E-state index in [-0.39, 0.29) is 0 Å². The van der Waals surface area contributed by atoms with Crippen LogP contribution in [0.4, 0.5) is 5.69 Å². The smallest absolute Gasteiger partial charge is 0.195 e. The number of para-hydroxylation sites is 3. The van der Waals surface area contributed by atoms with E-state index in [9.17, 15) is 10.5 Å². The van der Waals surface area contributed by atoms with E-state index in [1.165, 1.54) is 10.8 Å². The Labute approximate surface area is 288 Å². The van der Waals surface area contributed by atoms with Gasteiger partial charge in [0.05, 0.1) is 57.6 Å². The standard InChI is InChI=1S/C45H25N5/c1-48-39-23-20-31(30-18-21-33(22-19-30)49-40-13-5-2-10-34(40)35-11-3-6-14-41(35)49)26-37(39)36-12-4-7-15-42(36)50-43-24-17-29(27-46)25-38(43)45-32(28-47)9-8-16-44(45)50/h2-26H. The topological polar surface area (TPSA) is 61.8 Å². The zero-order chi connectivity index (χ0) is 33.8. The van der Waals surface area contributed by atoms with E-state index in [0.29, 0.717) is 16.8 Å². The summed E-state index contributed by atoms with van der Waals surface area (Å²) < 4.78 is 4.45. The predicted octanol–water partition coefficient (Wildman–Crippen LogP) is 11.5. The molecule has 2 heterocycles. The third kappa shape index (κ3) is 4.31. The summed E-state index contributed by atoms with van der Waals surface area (Å²) >= 11 is 0. The van der Waals surface area contributed by atoms with Crippen LogP contribution in [0.1, 0.15) is 11.1 Å². The van der Waals surface area contributed by atoms with Gasteiger partial charge in [0.2, 0.25) is 0 Å². The monoisotopic (exact) mass is 635 g/mol. The summed E-state index contributed by atoms with van der Waals surface area (Å²) in [7, 11) is 0. The fourth-order valence-corrected chi connectivity index (χ4v) is 7.42. The van der Waals surface area contributed by atoms with Crippen molar-refractivity contribution in [2.24, 2.45) is 0 Å². The molecule has 0 radical (unpaired) electrons. The van der Waals surface area contributed by atoms with Crippen molar-refractivity contribution in [1.82, 2.24) is 9.13 Å². The lowest BCUT2D eigenvalue weighted by Gasteiger charge is -2.16. The Bertz CT molecular complexity index is 2900. The number of benzene rings is 7. The second kappa shape index (κ2) is 11.4. The minimum atomic E-state index is 0.532. The molecule has 0 fully saturated rings. The van der Waals surface area contributed by atoms with Gasteiger partial charge in [0.1, 0.15) is 0 Å². The summed E-state index contributed by atoms with van der Waals surface area (Å²) in [6, 6.07) is 55.6. The molecule has 5 heteroatoms. The number of rotatable bonds is 4. The van der Waals surface area contributed by atoms with Crippen LogP contribution < -0.4 is 0 Å². The van der Waals surface area contributed by atoms with Gasteiger partial charge in [-0.15, -0.1) is 0 Å². The highest BCUT2D eigenvalue weighted by Crippen LogP contribution is 2.42. The molecule has 9 aromatic rings. The van der Waals surface area contributed by atoms with Crippen LogP contribution in [0.15, 0.2) is 152 Å². The number of aromatic nitrogens is 2. The van der Waals surface area contributed by atoms with Gasteiger partial charge < -0.3 is 9.13 Å². The Morgan fingerprint density at radius 1 is 0.500 bits per heavy atom. The first-order valence-corrected chi connectivity index (χ1v) is 16.3. The average molecular weight is 636 g/mol. The SMILES string of the molecule is [C-]#[N+]c1ccc(-c2ccc(-n3c4ccccc4c4ccccc43)cc2)cc1-c1ccccc1-n1c2ccc(C#N)cc2c2c(C#N)cccc21. The average Bonchev–Trinajstić information content (AvgIpc) is 3.70. The van der Waals surface area contributed by atoms with Crippen molar-refractivity contribution in [2.75, 3.05) is 0 Å². The third-order valence-corrected chi connectivity index (χ3v) is 9.63. The molecule has 2 aromatic heterocycles. The van der Waals surface area contributed by atoms with Crippen molar-refractivity contribution >= 4 is 49.3 Å². The highest BCUT2D eigenvalue weighted by molar-refractivity contribution is 6.13. The van der Waals surface area contributed by atoms with Crippen LogP contribution in [0.5, 0.6) is 0 Å². The number of nitrogens with zero attached hydrogens (tertiary/aromatic N) is 5. The van der Waals surface area contributed by atoms with E-state index in [4.69, 9.17) is 6.57 Å². The number of fused-ring (bicyclic) bond motifs is 6. The van der Waals surface area contributed by atoms with Gasteiger partial charge in [0.25, 0.3) is 0 Å². The van der Waals surface area contributed by atoms with Crippen molar-refractivity contribution in [3.63, 3.8) is 0 Å². The molecule has 0 saturated heterocycles. The Morgan fingerprint density at radius 2 is 1.16 bits per heavy atom. The van der Waals surface area contributed by atoms with Crippen molar-refractivity contribution in [3.05, 3.63) is 174 Å². The maximum absolute atomic E-state index is 10.0. The van der Waals surface area contributed by atoms with Crippen LogP contribution in [-0.4, -0.2) is 9.13 Å². The number of hydrogen-bond acceptors (Lipinski definition) is 2. The summed E-state index contributed by atoms with van der Waals surface area (Å²) in [6.07, 6.45) is 0. The molecular weight excluding hydrogens is 611 g/mol. The zero-order valence-electron chi connectivity index (χ0n) is 26.7. The minimum absolute atomic E-state index is 0.532. The van der Waals surface area contributed by atoms with E-state index in [1.54, 1.807) is 6.07 Å². The van der Waals surface area contributed by atoms with E-state index in [1.807, 2.05) is 66.7 Å². The second-order valence-electron chi connectivity index (χ2n) is 12.3. The largest absolute Gasteiger partial charge is 0.309 e. The summed E-state index contributed by atoms with van der Waals surface area (Å²) in [5, 5.41) is 23.8. The quantitative estimate of drug-likeness (QED) is 0.181. The Hall–Kier alpha value is -7.39. The molecule has 0 aliphatic heterocycles. The van der Waals surface area contributed by atoms with Gasteiger partial charge in [-0.1, -0.05) is 91.0 Å². The molecule has 7 aromatic carbocycles. The van der Waals surface area contributed by atoms with Crippen molar-refractivity contribution in [2.45, 2.75) is 0 Å². The molecule has 0 bridgehead atoms. The van der Waals surface area contributed by atoms with Gasteiger partial charge in [0, 0.05) is 27.2 Å². The van der Waals surface area contributed by atoms with Gasteiger partial charge in [-0.2, -0.15) is 10.5 Å². The summed E-state index contributed by atoms with van der Waals surface area (Å²) in [6.45, 7) is 8.10. The Kier molecular flexibility index (Phi) is 6.56. The Morgan fingerprint density at radius 3 is 1.88 bits per heavy atom. The first kappa shape index (κ1) is 28.8.